The zero-order valence-electron chi connectivity index (χ0n) is 19.3. The van der Waals surface area contributed by atoms with E-state index in [2.05, 4.69) is 16.8 Å². The van der Waals surface area contributed by atoms with Gasteiger partial charge in [0, 0.05) is 35.6 Å². The Bertz CT molecular complexity index is 1270. The van der Waals surface area contributed by atoms with Crippen LogP contribution in [0.4, 0.5) is 4.39 Å². The first kappa shape index (κ1) is 25.4. The summed E-state index contributed by atoms with van der Waals surface area (Å²) in [6.45, 7) is 1.64. The van der Waals surface area contributed by atoms with Crippen molar-refractivity contribution in [3.8, 4) is 17.6 Å². The van der Waals surface area contributed by atoms with Gasteiger partial charge in [0.05, 0.1) is 35.0 Å². The van der Waals surface area contributed by atoms with Crippen molar-refractivity contribution in [1.82, 2.24) is 9.88 Å². The Balaban J connectivity index is 1.41. The summed E-state index contributed by atoms with van der Waals surface area (Å²) in [5.41, 5.74) is 8.17. The number of fused-ring (bicyclic) bond motifs is 1. The molecule has 3 aromatic rings. The van der Waals surface area contributed by atoms with Gasteiger partial charge in [-0.1, -0.05) is 23.4 Å². The fourth-order valence-electron chi connectivity index (χ4n) is 4.66. The molecule has 0 unspecified atom stereocenters. The summed E-state index contributed by atoms with van der Waals surface area (Å²) < 4.78 is 18.5. The number of nitrogens with zero attached hydrogens (tertiary/aromatic N) is 2. The van der Waals surface area contributed by atoms with E-state index in [4.69, 9.17) is 22.1 Å². The molecule has 0 bridgehead atoms. The van der Waals surface area contributed by atoms with Crippen molar-refractivity contribution in [2.45, 2.75) is 25.3 Å². The minimum absolute atomic E-state index is 0.00978. The van der Waals surface area contributed by atoms with Crippen LogP contribution in [0.3, 0.4) is 0 Å². The molecule has 1 aromatic carbocycles. The highest BCUT2D eigenvalue weighted by Crippen LogP contribution is 2.35. The van der Waals surface area contributed by atoms with Crippen LogP contribution in [-0.2, 0) is 4.79 Å². The van der Waals surface area contributed by atoms with Gasteiger partial charge in [-0.3, -0.25) is 14.7 Å². The maximum absolute atomic E-state index is 13.1. The van der Waals surface area contributed by atoms with Crippen molar-refractivity contribution in [3.05, 3.63) is 57.1 Å². The highest BCUT2D eigenvalue weighted by Gasteiger charge is 2.34. The summed E-state index contributed by atoms with van der Waals surface area (Å²) in [6, 6.07) is 6.64. The molecule has 6 nitrogen and oxygen atoms in total. The van der Waals surface area contributed by atoms with Crippen molar-refractivity contribution >= 4 is 39.8 Å². The van der Waals surface area contributed by atoms with Crippen LogP contribution in [0.15, 0.2) is 35.8 Å². The molecule has 0 amide bonds. The lowest BCUT2D eigenvalue weighted by Crippen LogP contribution is -2.44. The molecule has 9 heteroatoms. The number of carboxylic acids is 1. The predicted octanol–water partition coefficient (Wildman–Crippen LogP) is 4.95. The van der Waals surface area contributed by atoms with Gasteiger partial charge in [-0.15, -0.1) is 11.3 Å². The second kappa shape index (κ2) is 11.4. The first-order chi connectivity index (χ1) is 16.9. The SMILES string of the molecule is COc1ccc2ncc(Cl)c([C@@H](N)CC[C@H]3CCN(CC#Cc4cc(F)cs4)C[C@H]3C(=O)O)c2c1. The fourth-order valence-corrected chi connectivity index (χ4v) is 5.57. The summed E-state index contributed by atoms with van der Waals surface area (Å²) in [5.74, 6) is 5.10. The van der Waals surface area contributed by atoms with Gasteiger partial charge >= 0.3 is 5.97 Å². The number of carboxylic acid groups (broad SMARTS) is 1. The molecule has 184 valence electrons. The number of rotatable bonds is 7. The van der Waals surface area contributed by atoms with E-state index in [9.17, 15) is 14.3 Å². The third-order valence-corrected chi connectivity index (χ3v) is 7.64. The maximum Gasteiger partial charge on any atom is 0.308 e. The number of benzene rings is 1. The quantitative estimate of drug-likeness (QED) is 0.433. The number of hydrogen-bond donors (Lipinski definition) is 2. The van der Waals surface area contributed by atoms with E-state index in [0.717, 1.165) is 29.4 Å². The smallest absolute Gasteiger partial charge is 0.308 e. The van der Waals surface area contributed by atoms with Crippen LogP contribution >= 0.6 is 22.9 Å². The molecule has 2 aromatic heterocycles. The highest BCUT2D eigenvalue weighted by atomic mass is 35.5. The topological polar surface area (TPSA) is 88.7 Å². The van der Waals surface area contributed by atoms with Crippen LogP contribution in [0, 0.1) is 29.5 Å². The number of nitrogens with two attached hydrogens (primary N) is 1. The monoisotopic (exact) mass is 515 g/mol. The third-order valence-electron chi connectivity index (χ3n) is 6.53. The molecular formula is C26H27ClFN3O3S. The number of carbonyl (C=O) groups is 1. The largest absolute Gasteiger partial charge is 0.497 e. The molecule has 1 fully saturated rings. The first-order valence-electron chi connectivity index (χ1n) is 11.4. The number of thiophene rings is 1. The van der Waals surface area contributed by atoms with E-state index < -0.39 is 11.9 Å². The van der Waals surface area contributed by atoms with Gasteiger partial charge in [-0.2, -0.15) is 0 Å². The summed E-state index contributed by atoms with van der Waals surface area (Å²) in [6.07, 6.45) is 3.64. The summed E-state index contributed by atoms with van der Waals surface area (Å²) >= 11 is 7.75. The van der Waals surface area contributed by atoms with Gasteiger partial charge in [0.15, 0.2) is 0 Å². The van der Waals surface area contributed by atoms with Gasteiger partial charge in [0.1, 0.15) is 11.6 Å². The minimum atomic E-state index is -0.807. The van der Waals surface area contributed by atoms with E-state index in [0.29, 0.717) is 41.6 Å². The van der Waals surface area contributed by atoms with E-state index in [1.807, 2.05) is 23.1 Å². The van der Waals surface area contributed by atoms with E-state index in [-0.39, 0.29) is 17.8 Å². The van der Waals surface area contributed by atoms with Crippen LogP contribution in [0.2, 0.25) is 5.02 Å². The number of aromatic nitrogens is 1. The van der Waals surface area contributed by atoms with Crippen LogP contribution in [0.1, 0.15) is 35.7 Å². The van der Waals surface area contributed by atoms with Crippen molar-refractivity contribution < 1.29 is 19.0 Å². The first-order valence-corrected chi connectivity index (χ1v) is 12.7. The number of pyridine rings is 1. The Morgan fingerprint density at radius 3 is 3.00 bits per heavy atom. The minimum Gasteiger partial charge on any atom is -0.497 e. The summed E-state index contributed by atoms with van der Waals surface area (Å²) in [5, 5.41) is 12.6. The van der Waals surface area contributed by atoms with Gasteiger partial charge in [0.25, 0.3) is 0 Å². The molecule has 3 atom stereocenters. The van der Waals surface area contributed by atoms with E-state index >= 15 is 0 Å². The third kappa shape index (κ3) is 6.11. The van der Waals surface area contributed by atoms with Gasteiger partial charge < -0.3 is 15.6 Å². The number of ether oxygens (including phenoxy) is 1. The molecule has 1 saturated heterocycles. The van der Waals surface area contributed by atoms with Crippen molar-refractivity contribution in [3.63, 3.8) is 0 Å². The van der Waals surface area contributed by atoms with Gasteiger partial charge in [-0.25, -0.2) is 4.39 Å². The molecule has 35 heavy (non-hydrogen) atoms. The molecule has 0 radical (unpaired) electrons. The zero-order valence-corrected chi connectivity index (χ0v) is 20.9. The number of piperidine rings is 1. The molecule has 0 saturated carbocycles. The Labute approximate surface area is 212 Å². The average molecular weight is 516 g/mol. The number of halogens is 2. The number of methoxy groups -OCH3 is 1. The number of aliphatic carboxylic acids is 1. The lowest BCUT2D eigenvalue weighted by Gasteiger charge is -2.36. The standard InChI is InChI=1S/C26H27ClFN3O3S/c1-34-18-5-7-24-20(12-18)25(22(27)13-30-24)23(29)6-4-16-8-10-31(14-21(16)26(32)33)9-2-3-19-11-17(28)15-35-19/h5,7,11-13,15-16,21,23H,4,6,8-10,14,29H2,1H3,(H,32,33)/t16-,21+,23-/m0/s1. The Morgan fingerprint density at radius 2 is 2.29 bits per heavy atom. The normalized spacial score (nSPS) is 19.2. The summed E-state index contributed by atoms with van der Waals surface area (Å²) in [4.78, 5) is 19.1. The molecule has 4 rings (SSSR count). The molecule has 3 heterocycles. The predicted molar refractivity (Wildman–Crippen MR) is 136 cm³/mol. The molecule has 0 spiro atoms. The van der Waals surface area contributed by atoms with Crippen LogP contribution in [0.5, 0.6) is 5.75 Å². The van der Waals surface area contributed by atoms with Gasteiger partial charge in [0.2, 0.25) is 0 Å². The molecule has 0 aliphatic carbocycles. The van der Waals surface area contributed by atoms with Crippen LogP contribution in [-0.4, -0.2) is 47.7 Å². The lowest BCUT2D eigenvalue weighted by atomic mass is 9.81. The van der Waals surface area contributed by atoms with E-state index in [1.165, 1.54) is 22.8 Å². The number of likely N-dealkylation sites (tertiary alicyclic amines) is 1. The van der Waals surface area contributed by atoms with Crippen LogP contribution in [0.25, 0.3) is 10.9 Å². The van der Waals surface area contributed by atoms with Gasteiger partial charge in [-0.05, 0) is 55.5 Å². The number of hydrogen-bond acceptors (Lipinski definition) is 6. The molecule has 3 N–H and O–H groups in total. The maximum atomic E-state index is 13.1. The lowest BCUT2D eigenvalue weighted by molar-refractivity contribution is -0.146. The van der Waals surface area contributed by atoms with Crippen LogP contribution < -0.4 is 10.5 Å². The van der Waals surface area contributed by atoms with Crippen molar-refractivity contribution in [2.24, 2.45) is 17.6 Å². The Kier molecular flexibility index (Phi) is 8.24. The zero-order chi connectivity index (χ0) is 24.9. The summed E-state index contributed by atoms with van der Waals surface area (Å²) in [7, 11) is 1.60. The highest BCUT2D eigenvalue weighted by molar-refractivity contribution is 7.10. The second-order valence-corrected chi connectivity index (χ2v) is 10.1. The van der Waals surface area contributed by atoms with E-state index in [1.54, 1.807) is 13.3 Å². The second-order valence-electron chi connectivity index (χ2n) is 8.75. The fraction of sp³-hybridized carbons (Fsp3) is 0.385. The molecule has 1 aliphatic rings. The Hall–Kier alpha value is -2.70. The molecule has 1 aliphatic heterocycles. The van der Waals surface area contributed by atoms with Crippen molar-refractivity contribution in [1.29, 1.82) is 0 Å². The molecular weight excluding hydrogens is 489 g/mol. The Morgan fingerprint density at radius 1 is 1.46 bits per heavy atom. The average Bonchev–Trinajstić information content (AvgIpc) is 3.27. The van der Waals surface area contributed by atoms with Crippen molar-refractivity contribution in [2.75, 3.05) is 26.7 Å².